The normalized spacial score (nSPS) is 24.1. The van der Waals surface area contributed by atoms with E-state index >= 15 is 0 Å². The number of rotatable bonds is 3. The molecule has 0 unspecified atom stereocenters. The van der Waals surface area contributed by atoms with Crippen LogP contribution >= 0.6 is 11.3 Å². The van der Waals surface area contributed by atoms with Gasteiger partial charge in [-0.05, 0) is 19.1 Å². The second-order valence-corrected chi connectivity index (χ2v) is 7.48. The number of hydrogen-bond donors (Lipinski definition) is 0. The molecule has 4 heterocycles. The van der Waals surface area contributed by atoms with Crippen molar-refractivity contribution >= 4 is 17.2 Å². The number of likely N-dealkylation sites (tertiary alicyclic amines) is 1. The Hall–Kier alpha value is -1.83. The molecule has 0 aliphatic carbocycles. The van der Waals surface area contributed by atoms with Crippen molar-refractivity contribution in [3.8, 4) is 0 Å². The Morgan fingerprint density at radius 2 is 2.28 bits per heavy atom. The zero-order valence-corrected chi connectivity index (χ0v) is 15.1. The Balaban J connectivity index is 1.41. The molecular formula is C18H22N4O2S. The number of ether oxygens (including phenoxy) is 1. The van der Waals surface area contributed by atoms with E-state index in [2.05, 4.69) is 27.0 Å². The second-order valence-electron chi connectivity index (χ2n) is 6.76. The van der Waals surface area contributed by atoms with Crippen molar-refractivity contribution in [3.63, 3.8) is 0 Å². The van der Waals surface area contributed by atoms with Crippen LogP contribution in [-0.2, 0) is 11.3 Å². The molecule has 0 aromatic carbocycles. The fourth-order valence-corrected chi connectivity index (χ4v) is 4.22. The van der Waals surface area contributed by atoms with E-state index in [1.165, 1.54) is 11.3 Å². The predicted octanol–water partition coefficient (Wildman–Crippen LogP) is 1.82. The lowest BCUT2D eigenvalue weighted by Crippen LogP contribution is -2.37. The van der Waals surface area contributed by atoms with Gasteiger partial charge in [-0.2, -0.15) is 0 Å². The van der Waals surface area contributed by atoms with Crippen LogP contribution in [0.15, 0.2) is 29.1 Å². The van der Waals surface area contributed by atoms with Crippen molar-refractivity contribution in [2.45, 2.75) is 19.6 Å². The maximum absolute atomic E-state index is 12.6. The van der Waals surface area contributed by atoms with E-state index in [1.807, 2.05) is 23.3 Å². The summed E-state index contributed by atoms with van der Waals surface area (Å²) in [5.41, 5.74) is 4.38. The number of carbonyl (C=O) groups is 1. The molecule has 25 heavy (non-hydrogen) atoms. The Bertz CT molecular complexity index is 736. The molecule has 7 heteroatoms. The number of hydrogen-bond acceptors (Lipinski definition) is 6. The van der Waals surface area contributed by atoms with Crippen molar-refractivity contribution < 1.29 is 9.53 Å². The number of thiazole rings is 1. The summed E-state index contributed by atoms with van der Waals surface area (Å²) in [6.45, 7) is 6.65. The lowest BCUT2D eigenvalue weighted by atomic mass is 10.1. The fraction of sp³-hybridized carbons (Fsp3) is 0.500. The number of carbonyl (C=O) groups excluding carboxylic acids is 1. The Morgan fingerprint density at radius 3 is 3.08 bits per heavy atom. The standard InChI is InChI=1S/C18H22N4O2S/c1-13-3-2-4-15(20-13)9-21-7-14-8-22(5-6-24-17(14)10-21)18(23)16-11-25-12-19-16/h2-4,11-12,14,17H,5-10H2,1H3/t14-,17-/m1/s1. The van der Waals surface area contributed by atoms with Crippen molar-refractivity contribution in [1.82, 2.24) is 19.8 Å². The Labute approximate surface area is 151 Å². The van der Waals surface area contributed by atoms with Gasteiger partial charge >= 0.3 is 0 Å². The highest BCUT2D eigenvalue weighted by atomic mass is 32.1. The van der Waals surface area contributed by atoms with Crippen LogP contribution in [0.25, 0.3) is 0 Å². The summed E-state index contributed by atoms with van der Waals surface area (Å²) in [4.78, 5) is 25.6. The minimum atomic E-state index is 0.0179. The molecule has 2 aliphatic heterocycles. The molecule has 132 valence electrons. The Morgan fingerprint density at radius 1 is 1.36 bits per heavy atom. The van der Waals surface area contributed by atoms with Gasteiger partial charge in [-0.15, -0.1) is 11.3 Å². The highest BCUT2D eigenvalue weighted by molar-refractivity contribution is 7.07. The molecule has 2 saturated heterocycles. The zero-order chi connectivity index (χ0) is 17.2. The summed E-state index contributed by atoms with van der Waals surface area (Å²) in [6, 6.07) is 6.14. The van der Waals surface area contributed by atoms with Crippen LogP contribution < -0.4 is 0 Å². The number of aromatic nitrogens is 2. The maximum Gasteiger partial charge on any atom is 0.273 e. The molecule has 2 fully saturated rings. The average molecular weight is 358 g/mol. The quantitative estimate of drug-likeness (QED) is 0.838. The highest BCUT2D eigenvalue weighted by Gasteiger charge is 2.38. The van der Waals surface area contributed by atoms with Gasteiger partial charge in [0.2, 0.25) is 0 Å². The van der Waals surface area contributed by atoms with E-state index in [4.69, 9.17) is 4.74 Å². The molecule has 0 radical (unpaired) electrons. The molecule has 6 nitrogen and oxygen atoms in total. The summed E-state index contributed by atoms with van der Waals surface area (Å²) in [5, 5.41) is 1.82. The SMILES string of the molecule is Cc1cccc(CN2C[C@@H]3CN(C(=O)c4cscn4)CCO[C@@H]3C2)n1. The first-order valence-corrected chi connectivity index (χ1v) is 9.57. The predicted molar refractivity (Wildman–Crippen MR) is 95.5 cm³/mol. The van der Waals surface area contributed by atoms with Crippen LogP contribution in [0.2, 0.25) is 0 Å². The molecule has 2 aromatic heterocycles. The van der Waals surface area contributed by atoms with E-state index in [9.17, 15) is 4.79 Å². The highest BCUT2D eigenvalue weighted by Crippen LogP contribution is 2.25. The van der Waals surface area contributed by atoms with E-state index in [0.29, 0.717) is 24.8 Å². The average Bonchev–Trinajstić information content (AvgIpc) is 3.20. The molecule has 2 aromatic rings. The number of pyridine rings is 1. The van der Waals surface area contributed by atoms with Gasteiger partial charge in [-0.25, -0.2) is 4.98 Å². The van der Waals surface area contributed by atoms with Crippen LogP contribution in [0.1, 0.15) is 21.9 Å². The largest absolute Gasteiger partial charge is 0.375 e. The first-order chi connectivity index (χ1) is 12.2. The van der Waals surface area contributed by atoms with Crippen LogP contribution in [0, 0.1) is 12.8 Å². The molecule has 2 aliphatic rings. The molecule has 1 amide bonds. The first kappa shape index (κ1) is 16.6. The van der Waals surface area contributed by atoms with E-state index < -0.39 is 0 Å². The van der Waals surface area contributed by atoms with Gasteiger partial charge in [0, 0.05) is 49.7 Å². The van der Waals surface area contributed by atoms with Crippen molar-refractivity contribution in [3.05, 3.63) is 46.2 Å². The topological polar surface area (TPSA) is 58.6 Å². The van der Waals surface area contributed by atoms with E-state index in [1.54, 1.807) is 5.51 Å². The number of fused-ring (bicyclic) bond motifs is 1. The number of amides is 1. The summed E-state index contributed by atoms with van der Waals surface area (Å²) >= 11 is 1.45. The van der Waals surface area contributed by atoms with Crippen molar-refractivity contribution in [1.29, 1.82) is 0 Å². The molecule has 2 atom stereocenters. The molecule has 4 rings (SSSR count). The van der Waals surface area contributed by atoms with Crippen LogP contribution in [0.3, 0.4) is 0 Å². The minimum absolute atomic E-state index is 0.0179. The summed E-state index contributed by atoms with van der Waals surface area (Å²) < 4.78 is 6.04. The Kier molecular flexibility index (Phi) is 4.78. The first-order valence-electron chi connectivity index (χ1n) is 8.63. The number of nitrogens with zero attached hydrogens (tertiary/aromatic N) is 4. The van der Waals surface area contributed by atoms with E-state index in [-0.39, 0.29) is 12.0 Å². The van der Waals surface area contributed by atoms with Gasteiger partial charge in [0.05, 0.1) is 23.9 Å². The number of aryl methyl sites for hydroxylation is 1. The third-order valence-corrected chi connectivity index (χ3v) is 5.46. The summed E-state index contributed by atoms with van der Waals surface area (Å²) in [5.74, 6) is 0.360. The van der Waals surface area contributed by atoms with Gasteiger partial charge in [0.15, 0.2) is 0 Å². The van der Waals surface area contributed by atoms with Gasteiger partial charge in [-0.1, -0.05) is 6.07 Å². The molecule has 0 bridgehead atoms. The molecule has 0 N–H and O–H groups in total. The summed E-state index contributed by atoms with van der Waals surface area (Å²) in [7, 11) is 0. The third-order valence-electron chi connectivity index (χ3n) is 4.87. The molecular weight excluding hydrogens is 336 g/mol. The van der Waals surface area contributed by atoms with Gasteiger partial charge < -0.3 is 9.64 Å². The molecule has 0 saturated carbocycles. The lowest BCUT2D eigenvalue weighted by molar-refractivity contribution is 0.0500. The van der Waals surface area contributed by atoms with Gasteiger partial charge in [0.25, 0.3) is 5.91 Å². The van der Waals surface area contributed by atoms with Gasteiger partial charge in [-0.3, -0.25) is 14.7 Å². The smallest absolute Gasteiger partial charge is 0.273 e. The van der Waals surface area contributed by atoms with Crippen LogP contribution in [0.5, 0.6) is 0 Å². The monoisotopic (exact) mass is 358 g/mol. The second kappa shape index (κ2) is 7.19. The van der Waals surface area contributed by atoms with E-state index in [0.717, 1.165) is 37.6 Å². The fourth-order valence-electron chi connectivity index (χ4n) is 3.69. The minimum Gasteiger partial charge on any atom is -0.375 e. The van der Waals surface area contributed by atoms with Crippen molar-refractivity contribution in [2.75, 3.05) is 32.8 Å². The van der Waals surface area contributed by atoms with Crippen molar-refractivity contribution in [2.24, 2.45) is 5.92 Å². The third kappa shape index (κ3) is 3.73. The van der Waals surface area contributed by atoms with Crippen LogP contribution in [0.4, 0.5) is 0 Å². The maximum atomic E-state index is 12.6. The van der Waals surface area contributed by atoms with Crippen LogP contribution in [-0.4, -0.2) is 64.6 Å². The zero-order valence-electron chi connectivity index (χ0n) is 14.3. The lowest BCUT2D eigenvalue weighted by Gasteiger charge is -2.23. The molecule has 0 spiro atoms. The summed E-state index contributed by atoms with van der Waals surface area (Å²) in [6.07, 6.45) is 0.193. The van der Waals surface area contributed by atoms with Gasteiger partial charge in [0.1, 0.15) is 5.69 Å².